The molecule has 0 saturated carbocycles. The second kappa shape index (κ2) is 8.87. The van der Waals surface area contributed by atoms with Crippen LogP contribution in [0.15, 0.2) is 60.8 Å². The molecule has 7 nitrogen and oxygen atoms in total. The zero-order valence-electron chi connectivity index (χ0n) is 17.3. The Kier molecular flexibility index (Phi) is 5.84. The number of aromatic nitrogens is 1. The average Bonchev–Trinajstić information content (AvgIpc) is 2.79. The quantitative estimate of drug-likeness (QED) is 0.656. The second-order valence-electron chi connectivity index (χ2n) is 7.26. The van der Waals surface area contributed by atoms with E-state index in [1.807, 2.05) is 30.3 Å². The van der Waals surface area contributed by atoms with Crippen LogP contribution in [0, 0.1) is 0 Å². The van der Waals surface area contributed by atoms with Crippen molar-refractivity contribution in [2.75, 3.05) is 19.0 Å². The molecule has 0 aliphatic carbocycles. The molecule has 1 aliphatic heterocycles. The number of benzene rings is 2. The normalized spacial score (nSPS) is 14.7. The molecule has 1 aliphatic rings. The topological polar surface area (TPSA) is 89.6 Å². The summed E-state index contributed by atoms with van der Waals surface area (Å²) in [6.45, 7) is 1.95. The molecular weight excluding hydrogens is 394 g/mol. The molecule has 3 aromatic rings. The first-order valence-electron chi connectivity index (χ1n) is 9.99. The van der Waals surface area contributed by atoms with Crippen molar-refractivity contribution in [1.82, 2.24) is 10.3 Å². The van der Waals surface area contributed by atoms with Crippen LogP contribution in [0.1, 0.15) is 35.3 Å². The highest BCUT2D eigenvalue weighted by molar-refractivity contribution is 5.97. The number of methoxy groups -OCH3 is 1. The summed E-state index contributed by atoms with van der Waals surface area (Å²) in [5, 5.41) is 5.80. The number of pyridine rings is 1. The predicted molar refractivity (Wildman–Crippen MR) is 117 cm³/mol. The van der Waals surface area contributed by atoms with Crippen molar-refractivity contribution >= 4 is 17.5 Å². The first kappa shape index (κ1) is 20.4. The van der Waals surface area contributed by atoms with E-state index in [0.717, 1.165) is 22.4 Å². The Morgan fingerprint density at radius 2 is 1.94 bits per heavy atom. The van der Waals surface area contributed by atoms with Crippen LogP contribution in [0.2, 0.25) is 0 Å². The Morgan fingerprint density at radius 3 is 2.74 bits per heavy atom. The maximum atomic E-state index is 12.9. The number of nitrogens with zero attached hydrogens (tertiary/aromatic N) is 1. The van der Waals surface area contributed by atoms with E-state index in [9.17, 15) is 9.59 Å². The Labute approximate surface area is 180 Å². The minimum Gasteiger partial charge on any atom is -0.493 e. The van der Waals surface area contributed by atoms with Gasteiger partial charge in [-0.15, -0.1) is 0 Å². The van der Waals surface area contributed by atoms with Crippen molar-refractivity contribution in [1.29, 1.82) is 0 Å². The Balaban J connectivity index is 1.59. The maximum absolute atomic E-state index is 12.9. The van der Waals surface area contributed by atoms with Crippen molar-refractivity contribution < 1.29 is 19.1 Å². The van der Waals surface area contributed by atoms with Gasteiger partial charge >= 0.3 is 0 Å². The number of fused-ring (bicyclic) bond motifs is 1. The van der Waals surface area contributed by atoms with Gasteiger partial charge in [-0.2, -0.15) is 0 Å². The maximum Gasteiger partial charge on any atom is 0.251 e. The molecule has 0 radical (unpaired) electrons. The molecule has 1 unspecified atom stereocenters. The average molecular weight is 417 g/mol. The summed E-state index contributed by atoms with van der Waals surface area (Å²) in [5.74, 6) is 0.904. The van der Waals surface area contributed by atoms with E-state index in [-0.39, 0.29) is 17.9 Å². The first-order valence-corrected chi connectivity index (χ1v) is 9.99. The lowest BCUT2D eigenvalue weighted by Gasteiger charge is -2.27. The zero-order chi connectivity index (χ0) is 21.8. The van der Waals surface area contributed by atoms with Crippen LogP contribution in [0.25, 0.3) is 11.1 Å². The van der Waals surface area contributed by atoms with Gasteiger partial charge in [0.2, 0.25) is 11.8 Å². The molecular formula is C24H23N3O4. The van der Waals surface area contributed by atoms with Crippen molar-refractivity contribution in [2.24, 2.45) is 0 Å². The summed E-state index contributed by atoms with van der Waals surface area (Å²) in [7, 11) is 1.58. The monoisotopic (exact) mass is 417 g/mol. The molecule has 31 heavy (non-hydrogen) atoms. The first-order chi connectivity index (χ1) is 15.0. The number of rotatable bonds is 5. The molecule has 2 N–H and O–H groups in total. The van der Waals surface area contributed by atoms with E-state index in [0.29, 0.717) is 30.2 Å². The summed E-state index contributed by atoms with van der Waals surface area (Å²) in [4.78, 5) is 28.4. The Bertz CT molecular complexity index is 1130. The highest BCUT2D eigenvalue weighted by Crippen LogP contribution is 2.36. The zero-order valence-corrected chi connectivity index (χ0v) is 17.3. The fourth-order valence-electron chi connectivity index (χ4n) is 3.61. The molecule has 2 amide bonds. The molecule has 0 bridgehead atoms. The Hall–Kier alpha value is -3.87. The molecule has 0 spiro atoms. The number of ether oxygens (including phenoxy) is 2. The van der Waals surface area contributed by atoms with Gasteiger partial charge in [-0.3, -0.25) is 9.59 Å². The van der Waals surface area contributed by atoms with E-state index in [1.54, 1.807) is 37.6 Å². The lowest BCUT2D eigenvalue weighted by Crippen LogP contribution is -2.32. The van der Waals surface area contributed by atoms with Crippen LogP contribution < -0.4 is 20.1 Å². The third kappa shape index (κ3) is 4.66. The van der Waals surface area contributed by atoms with Gasteiger partial charge in [0.1, 0.15) is 5.75 Å². The molecule has 0 fully saturated rings. The SMILES string of the molecule is COc1cc(-c2ccc3c(c2)C(NC(=O)c2cccc(NC(C)=O)c2)CCO3)ccn1. The molecule has 4 rings (SSSR count). The number of nitrogens with one attached hydrogen (secondary N) is 2. The molecule has 7 heteroatoms. The minimum absolute atomic E-state index is 0.184. The van der Waals surface area contributed by atoms with E-state index < -0.39 is 0 Å². The minimum atomic E-state index is -0.207. The number of carbonyl (C=O) groups is 2. The van der Waals surface area contributed by atoms with Gasteiger partial charge in [0.25, 0.3) is 5.91 Å². The molecule has 2 heterocycles. The van der Waals surface area contributed by atoms with Crippen LogP contribution in [-0.2, 0) is 4.79 Å². The molecule has 1 atom stereocenters. The van der Waals surface area contributed by atoms with Crippen LogP contribution in [0.3, 0.4) is 0 Å². The lowest BCUT2D eigenvalue weighted by atomic mass is 9.95. The standard InChI is InChI=1S/C24H23N3O4/c1-15(28)26-19-5-3-4-18(12-19)24(29)27-21-9-11-31-22-7-6-16(13-20(21)22)17-8-10-25-23(14-17)30-2/h3-8,10,12-14,21H,9,11H2,1-2H3,(H,26,28)(H,27,29). The summed E-state index contributed by atoms with van der Waals surface area (Å²) in [5.41, 5.74) is 3.94. The number of carbonyl (C=O) groups excluding carboxylic acids is 2. The van der Waals surface area contributed by atoms with Crippen LogP contribution >= 0.6 is 0 Å². The number of anilines is 1. The smallest absolute Gasteiger partial charge is 0.251 e. The van der Waals surface area contributed by atoms with Gasteiger partial charge in [-0.05, 0) is 47.5 Å². The molecule has 1 aromatic heterocycles. The van der Waals surface area contributed by atoms with E-state index in [4.69, 9.17) is 9.47 Å². The molecule has 0 saturated heterocycles. The molecule has 2 aromatic carbocycles. The van der Waals surface area contributed by atoms with Gasteiger partial charge in [-0.25, -0.2) is 4.98 Å². The van der Waals surface area contributed by atoms with Gasteiger partial charge < -0.3 is 20.1 Å². The van der Waals surface area contributed by atoms with Crippen LogP contribution in [-0.4, -0.2) is 30.5 Å². The van der Waals surface area contributed by atoms with Crippen molar-refractivity contribution in [2.45, 2.75) is 19.4 Å². The highest BCUT2D eigenvalue weighted by atomic mass is 16.5. The lowest BCUT2D eigenvalue weighted by molar-refractivity contribution is -0.114. The van der Waals surface area contributed by atoms with Crippen LogP contribution in [0.4, 0.5) is 5.69 Å². The predicted octanol–water partition coefficient (Wildman–Crippen LogP) is 3.97. The summed E-state index contributed by atoms with van der Waals surface area (Å²) in [6.07, 6.45) is 2.36. The third-order valence-corrected chi connectivity index (χ3v) is 5.08. The van der Waals surface area contributed by atoms with Gasteiger partial charge in [0, 0.05) is 42.4 Å². The Morgan fingerprint density at radius 1 is 1.10 bits per heavy atom. The van der Waals surface area contributed by atoms with E-state index >= 15 is 0 Å². The summed E-state index contributed by atoms with van der Waals surface area (Å²) in [6, 6.07) is 16.4. The molecule has 158 valence electrons. The largest absolute Gasteiger partial charge is 0.493 e. The van der Waals surface area contributed by atoms with E-state index in [1.165, 1.54) is 6.92 Å². The number of amides is 2. The van der Waals surface area contributed by atoms with E-state index in [2.05, 4.69) is 15.6 Å². The van der Waals surface area contributed by atoms with Gasteiger partial charge in [0.15, 0.2) is 0 Å². The summed E-state index contributed by atoms with van der Waals surface area (Å²) < 4.78 is 11.0. The number of hydrogen-bond acceptors (Lipinski definition) is 5. The van der Waals surface area contributed by atoms with Gasteiger partial charge in [-0.1, -0.05) is 12.1 Å². The van der Waals surface area contributed by atoms with Crippen molar-refractivity contribution in [3.05, 3.63) is 71.9 Å². The fourth-order valence-corrected chi connectivity index (χ4v) is 3.61. The third-order valence-electron chi connectivity index (χ3n) is 5.08. The number of hydrogen-bond donors (Lipinski definition) is 2. The fraction of sp³-hybridized carbons (Fsp3) is 0.208. The van der Waals surface area contributed by atoms with Gasteiger partial charge in [0.05, 0.1) is 19.8 Å². The second-order valence-corrected chi connectivity index (χ2v) is 7.26. The summed E-state index contributed by atoms with van der Waals surface area (Å²) >= 11 is 0. The van der Waals surface area contributed by atoms with Crippen LogP contribution in [0.5, 0.6) is 11.6 Å². The van der Waals surface area contributed by atoms with Crippen molar-refractivity contribution in [3.63, 3.8) is 0 Å². The van der Waals surface area contributed by atoms with Crippen molar-refractivity contribution in [3.8, 4) is 22.8 Å². The highest BCUT2D eigenvalue weighted by Gasteiger charge is 2.24.